The predicted molar refractivity (Wildman–Crippen MR) is 108 cm³/mol. The molecule has 0 spiro atoms. The molecule has 0 aromatic heterocycles. The van der Waals surface area contributed by atoms with E-state index in [0.717, 1.165) is 11.4 Å². The second-order valence-electron chi connectivity index (χ2n) is 6.58. The molecule has 2 aromatic rings. The number of carbonyl (C=O) groups excluding carboxylic acids is 2. The van der Waals surface area contributed by atoms with Gasteiger partial charge in [0, 0.05) is 36.8 Å². The topological polar surface area (TPSA) is 59.1 Å². The maximum Gasteiger partial charge on any atom is 0.310 e. The quantitative estimate of drug-likeness (QED) is 0.672. The molecule has 0 N–H and O–H groups in total. The lowest BCUT2D eigenvalue weighted by Gasteiger charge is -2.36. The molecule has 0 unspecified atom stereocenters. The minimum atomic E-state index is -0.696. The Morgan fingerprint density at radius 1 is 1.07 bits per heavy atom. The number of rotatable bonds is 6. The highest BCUT2D eigenvalue weighted by molar-refractivity contribution is 6.31. The lowest BCUT2D eigenvalue weighted by molar-refractivity contribution is -0.151. The number of methoxy groups -OCH3 is 1. The van der Waals surface area contributed by atoms with E-state index < -0.39 is 11.8 Å². The number of anilines is 1. The summed E-state index contributed by atoms with van der Waals surface area (Å²) in [5.41, 5.74) is 1.05. The molecule has 0 aliphatic carbocycles. The van der Waals surface area contributed by atoms with Gasteiger partial charge in [-0.3, -0.25) is 9.59 Å². The van der Waals surface area contributed by atoms with Crippen LogP contribution in [0.25, 0.3) is 0 Å². The first-order chi connectivity index (χ1) is 14.0. The van der Waals surface area contributed by atoms with Gasteiger partial charge in [0.1, 0.15) is 11.6 Å². The molecule has 1 aliphatic heterocycles. The second-order valence-corrected chi connectivity index (χ2v) is 6.98. The van der Waals surface area contributed by atoms with Crippen LogP contribution in [0.4, 0.5) is 10.1 Å². The predicted octanol–water partition coefficient (Wildman–Crippen LogP) is 2.92. The maximum atomic E-state index is 13.8. The first-order valence-electron chi connectivity index (χ1n) is 9.24. The van der Waals surface area contributed by atoms with E-state index in [1.165, 1.54) is 18.2 Å². The first-order valence-corrected chi connectivity index (χ1v) is 9.61. The molecule has 3 rings (SSSR count). The first kappa shape index (κ1) is 20.9. The molecular weight excluding hydrogens is 399 g/mol. The third-order valence-electron chi connectivity index (χ3n) is 4.80. The fraction of sp³-hybridized carbons (Fsp3) is 0.333. The molecule has 6 nitrogen and oxygen atoms in total. The van der Waals surface area contributed by atoms with Gasteiger partial charge in [0.15, 0.2) is 6.61 Å². The van der Waals surface area contributed by atoms with Crippen molar-refractivity contribution >= 4 is 29.2 Å². The standard InChI is InChI=1S/C21H22ClFN2O4/c1-28-19-8-3-2-7-18(19)24-9-11-25(12-10-24)20(26)14-29-21(27)13-15-16(22)5-4-6-17(15)23/h2-8H,9-14H2,1H3. The highest BCUT2D eigenvalue weighted by atomic mass is 35.5. The summed E-state index contributed by atoms with van der Waals surface area (Å²) in [5.74, 6) is -0.767. The normalized spacial score (nSPS) is 13.9. The number of benzene rings is 2. The van der Waals surface area contributed by atoms with Crippen molar-refractivity contribution in [3.8, 4) is 5.75 Å². The van der Waals surface area contributed by atoms with Crippen molar-refractivity contribution in [2.45, 2.75) is 6.42 Å². The van der Waals surface area contributed by atoms with Crippen molar-refractivity contribution in [1.82, 2.24) is 4.90 Å². The average molecular weight is 421 g/mol. The van der Waals surface area contributed by atoms with E-state index >= 15 is 0 Å². The number of hydrogen-bond acceptors (Lipinski definition) is 5. The number of halogens is 2. The monoisotopic (exact) mass is 420 g/mol. The van der Waals surface area contributed by atoms with Gasteiger partial charge in [-0.25, -0.2) is 4.39 Å². The van der Waals surface area contributed by atoms with Crippen LogP contribution in [0.5, 0.6) is 5.75 Å². The van der Waals surface area contributed by atoms with E-state index in [0.29, 0.717) is 26.2 Å². The Hall–Kier alpha value is -2.80. The van der Waals surface area contributed by atoms with E-state index in [1.807, 2.05) is 24.3 Å². The van der Waals surface area contributed by atoms with E-state index in [2.05, 4.69) is 4.90 Å². The van der Waals surface area contributed by atoms with Crippen molar-refractivity contribution in [1.29, 1.82) is 0 Å². The van der Waals surface area contributed by atoms with Crippen molar-refractivity contribution in [2.75, 3.05) is 44.8 Å². The van der Waals surface area contributed by atoms with E-state index in [4.69, 9.17) is 21.1 Å². The zero-order chi connectivity index (χ0) is 20.8. The van der Waals surface area contributed by atoms with E-state index in [-0.39, 0.29) is 29.5 Å². The molecule has 0 radical (unpaired) electrons. The number of hydrogen-bond donors (Lipinski definition) is 0. The van der Waals surface area contributed by atoms with Gasteiger partial charge < -0.3 is 19.3 Å². The highest BCUT2D eigenvalue weighted by Crippen LogP contribution is 2.28. The number of amides is 1. The van der Waals surface area contributed by atoms with Crippen molar-refractivity contribution in [3.63, 3.8) is 0 Å². The largest absolute Gasteiger partial charge is 0.495 e. The highest BCUT2D eigenvalue weighted by Gasteiger charge is 2.24. The van der Waals surface area contributed by atoms with E-state index in [9.17, 15) is 14.0 Å². The molecule has 1 saturated heterocycles. The number of esters is 1. The molecule has 0 atom stereocenters. The summed E-state index contributed by atoms with van der Waals surface area (Å²) in [7, 11) is 1.63. The van der Waals surface area contributed by atoms with Gasteiger partial charge in [-0.1, -0.05) is 29.8 Å². The minimum absolute atomic E-state index is 0.0667. The SMILES string of the molecule is COc1ccccc1N1CCN(C(=O)COC(=O)Cc2c(F)cccc2Cl)CC1. The Kier molecular flexibility index (Phi) is 6.93. The van der Waals surface area contributed by atoms with Crippen LogP contribution < -0.4 is 9.64 Å². The van der Waals surface area contributed by atoms with Crippen LogP contribution in [-0.4, -0.2) is 56.7 Å². The molecular formula is C21H22ClFN2O4. The summed E-state index contributed by atoms with van der Waals surface area (Å²) >= 11 is 5.91. The molecule has 1 aliphatic rings. The summed E-state index contributed by atoms with van der Waals surface area (Å²) in [4.78, 5) is 28.1. The third-order valence-corrected chi connectivity index (χ3v) is 5.15. The van der Waals surface area contributed by atoms with Gasteiger partial charge in [0.2, 0.25) is 0 Å². The average Bonchev–Trinajstić information content (AvgIpc) is 2.75. The van der Waals surface area contributed by atoms with E-state index in [1.54, 1.807) is 12.0 Å². The molecule has 1 amide bonds. The summed E-state index contributed by atoms with van der Waals surface area (Å²) in [6.45, 7) is 1.93. The van der Waals surface area contributed by atoms with Crippen LogP contribution in [0.1, 0.15) is 5.56 Å². The van der Waals surface area contributed by atoms with Crippen LogP contribution in [0, 0.1) is 5.82 Å². The molecule has 154 valence electrons. The Morgan fingerprint density at radius 3 is 2.48 bits per heavy atom. The number of carbonyl (C=O) groups is 2. The summed E-state index contributed by atoms with van der Waals surface area (Å²) < 4.78 is 24.2. The van der Waals surface area contributed by atoms with Crippen LogP contribution in [0.15, 0.2) is 42.5 Å². The van der Waals surface area contributed by atoms with Gasteiger partial charge in [0.05, 0.1) is 19.2 Å². The summed E-state index contributed by atoms with van der Waals surface area (Å²) in [6, 6.07) is 11.9. The van der Waals surface area contributed by atoms with Gasteiger partial charge >= 0.3 is 5.97 Å². The fourth-order valence-corrected chi connectivity index (χ4v) is 3.45. The van der Waals surface area contributed by atoms with Crippen molar-refractivity contribution < 1.29 is 23.5 Å². The van der Waals surface area contributed by atoms with Crippen molar-refractivity contribution in [2.24, 2.45) is 0 Å². The minimum Gasteiger partial charge on any atom is -0.495 e. The Labute approximate surface area is 173 Å². The zero-order valence-electron chi connectivity index (χ0n) is 16.1. The van der Waals surface area contributed by atoms with Gasteiger partial charge in [-0.2, -0.15) is 0 Å². The second kappa shape index (κ2) is 9.60. The third kappa shape index (κ3) is 5.17. The Morgan fingerprint density at radius 2 is 1.79 bits per heavy atom. The van der Waals surface area contributed by atoms with Crippen LogP contribution in [0.3, 0.4) is 0 Å². The van der Waals surface area contributed by atoms with Crippen LogP contribution in [-0.2, 0) is 20.7 Å². The van der Waals surface area contributed by atoms with Gasteiger partial charge in [0.25, 0.3) is 5.91 Å². The Balaban J connectivity index is 1.48. The number of para-hydroxylation sites is 2. The fourth-order valence-electron chi connectivity index (χ4n) is 3.22. The molecule has 29 heavy (non-hydrogen) atoms. The van der Waals surface area contributed by atoms with Gasteiger partial charge in [-0.05, 0) is 24.3 Å². The molecule has 1 fully saturated rings. The number of nitrogens with zero attached hydrogens (tertiary/aromatic N) is 2. The van der Waals surface area contributed by atoms with Crippen LogP contribution in [0.2, 0.25) is 5.02 Å². The molecule has 0 bridgehead atoms. The summed E-state index contributed by atoms with van der Waals surface area (Å²) in [6.07, 6.45) is -0.319. The molecule has 1 heterocycles. The lowest BCUT2D eigenvalue weighted by atomic mass is 10.1. The molecule has 0 saturated carbocycles. The van der Waals surface area contributed by atoms with Crippen LogP contribution >= 0.6 is 11.6 Å². The van der Waals surface area contributed by atoms with Gasteiger partial charge in [-0.15, -0.1) is 0 Å². The molecule has 2 aromatic carbocycles. The number of piperazine rings is 1. The Bertz CT molecular complexity index is 864. The number of ether oxygens (including phenoxy) is 2. The summed E-state index contributed by atoms with van der Waals surface area (Å²) in [5, 5.41) is 0.153. The smallest absolute Gasteiger partial charge is 0.310 e. The van der Waals surface area contributed by atoms with Crippen molar-refractivity contribution in [3.05, 3.63) is 58.9 Å². The zero-order valence-corrected chi connectivity index (χ0v) is 16.8. The molecule has 8 heteroatoms. The maximum absolute atomic E-state index is 13.8. The lowest BCUT2D eigenvalue weighted by Crippen LogP contribution is -2.50.